The molecule has 5 nitrogen and oxygen atoms in total. The second kappa shape index (κ2) is 5.14. The molecule has 0 N–H and O–H groups in total. The van der Waals surface area contributed by atoms with Gasteiger partial charge in [-0.3, -0.25) is 9.69 Å². The fraction of sp³-hybridized carbons (Fsp3) is 0.727. The minimum Gasteiger partial charge on any atom is -0.291 e. The number of azide groups is 1. The lowest BCUT2D eigenvalue weighted by Crippen LogP contribution is -2.42. The van der Waals surface area contributed by atoms with Crippen molar-refractivity contribution in [2.75, 3.05) is 6.54 Å². The molecule has 0 bridgehead atoms. The van der Waals surface area contributed by atoms with Gasteiger partial charge in [0, 0.05) is 11.0 Å². The zero-order chi connectivity index (χ0) is 11.4. The normalized spacial score (nSPS) is 30.0. The highest BCUT2D eigenvalue weighted by molar-refractivity contribution is 5.82. The number of hydrogen-bond donors (Lipinski definition) is 0. The molecule has 2 rings (SSSR count). The summed E-state index contributed by atoms with van der Waals surface area (Å²) in [7, 11) is 0. The van der Waals surface area contributed by atoms with E-state index in [0.717, 1.165) is 32.2 Å². The van der Waals surface area contributed by atoms with E-state index < -0.39 is 0 Å². The zero-order valence-electron chi connectivity index (χ0n) is 9.25. The molecule has 16 heavy (non-hydrogen) atoms. The maximum absolute atomic E-state index is 11.6. The van der Waals surface area contributed by atoms with Crippen LogP contribution in [0.2, 0.25) is 0 Å². The number of carbonyl (C=O) groups excluding carboxylic acids is 1. The summed E-state index contributed by atoms with van der Waals surface area (Å²) in [5, 5.41) is 3.23. The molecule has 1 heterocycles. The Morgan fingerprint density at radius 1 is 1.44 bits per heavy atom. The highest BCUT2D eigenvalue weighted by Crippen LogP contribution is 2.26. The summed E-state index contributed by atoms with van der Waals surface area (Å²) in [6, 6.07) is 0.169. The smallest absolute Gasteiger partial charge is 0.235 e. The van der Waals surface area contributed by atoms with Crippen LogP contribution in [-0.4, -0.2) is 29.4 Å². The first kappa shape index (κ1) is 11.2. The second-order valence-corrected chi connectivity index (χ2v) is 4.35. The molecule has 1 amide bonds. The van der Waals surface area contributed by atoms with Crippen LogP contribution in [0.4, 0.5) is 0 Å². The van der Waals surface area contributed by atoms with Gasteiger partial charge >= 0.3 is 0 Å². The van der Waals surface area contributed by atoms with Crippen LogP contribution in [0, 0.1) is 0 Å². The first-order chi connectivity index (χ1) is 7.83. The molecule has 1 aliphatic carbocycles. The van der Waals surface area contributed by atoms with Gasteiger partial charge in [0.05, 0.1) is 6.04 Å². The van der Waals surface area contributed by atoms with Crippen LogP contribution in [0.3, 0.4) is 0 Å². The molecule has 0 radical (unpaired) electrons. The summed E-state index contributed by atoms with van der Waals surface area (Å²) in [6.45, 7) is 0.937. The average Bonchev–Trinajstić information content (AvgIpc) is 2.79. The molecule has 5 heteroatoms. The quantitative estimate of drug-likeness (QED) is 0.310. The lowest BCUT2D eigenvalue weighted by Gasteiger charge is -2.31. The van der Waals surface area contributed by atoms with Gasteiger partial charge in [0.15, 0.2) is 0 Å². The molecule has 0 saturated carbocycles. The predicted molar refractivity (Wildman–Crippen MR) is 60.7 cm³/mol. The summed E-state index contributed by atoms with van der Waals surface area (Å²) in [5.41, 5.74) is 8.30. The predicted octanol–water partition coefficient (Wildman–Crippen LogP) is 2.40. The second-order valence-electron chi connectivity index (χ2n) is 4.35. The third kappa shape index (κ3) is 2.26. The van der Waals surface area contributed by atoms with Crippen molar-refractivity contribution >= 4 is 5.91 Å². The van der Waals surface area contributed by atoms with Crippen LogP contribution in [0.5, 0.6) is 0 Å². The van der Waals surface area contributed by atoms with Crippen molar-refractivity contribution in [1.29, 1.82) is 0 Å². The zero-order valence-corrected chi connectivity index (χ0v) is 9.25. The van der Waals surface area contributed by atoms with Gasteiger partial charge in [0.2, 0.25) is 5.91 Å². The molecular weight excluding hydrogens is 204 g/mol. The minimum absolute atomic E-state index is 0.191. The van der Waals surface area contributed by atoms with Gasteiger partial charge in [-0.15, -0.1) is 0 Å². The Hall–Kier alpha value is -1.32. The first-order valence-corrected chi connectivity index (χ1v) is 5.84. The fourth-order valence-electron chi connectivity index (χ4n) is 2.63. The highest BCUT2D eigenvalue weighted by atomic mass is 16.2. The van der Waals surface area contributed by atoms with Crippen LogP contribution < -0.4 is 0 Å². The van der Waals surface area contributed by atoms with Crippen molar-refractivity contribution in [3.05, 3.63) is 22.6 Å². The van der Waals surface area contributed by atoms with Crippen molar-refractivity contribution in [3.63, 3.8) is 0 Å². The van der Waals surface area contributed by atoms with Gasteiger partial charge in [0.1, 0.15) is 0 Å². The van der Waals surface area contributed by atoms with E-state index in [0.29, 0.717) is 6.04 Å². The van der Waals surface area contributed by atoms with Gasteiger partial charge in [-0.2, -0.15) is 0 Å². The van der Waals surface area contributed by atoms with E-state index in [9.17, 15) is 4.79 Å². The molecule has 1 aliphatic heterocycles. The number of rotatable bonds is 2. The van der Waals surface area contributed by atoms with E-state index in [4.69, 9.17) is 5.53 Å². The molecule has 1 fully saturated rings. The van der Waals surface area contributed by atoms with Crippen molar-refractivity contribution < 1.29 is 4.79 Å². The van der Waals surface area contributed by atoms with E-state index in [2.05, 4.69) is 27.1 Å². The number of nitrogens with zero attached hydrogens (tertiary/aromatic N) is 4. The van der Waals surface area contributed by atoms with Crippen LogP contribution in [0.1, 0.15) is 32.1 Å². The van der Waals surface area contributed by atoms with Gasteiger partial charge in [0.25, 0.3) is 0 Å². The van der Waals surface area contributed by atoms with Crippen molar-refractivity contribution in [2.45, 2.75) is 44.2 Å². The Labute approximate surface area is 94.7 Å². The molecule has 0 aromatic heterocycles. The van der Waals surface area contributed by atoms with Crippen LogP contribution in [0.15, 0.2) is 17.3 Å². The molecule has 86 valence electrons. The number of carbonyl (C=O) groups is 1. The van der Waals surface area contributed by atoms with Crippen molar-refractivity contribution in [3.8, 4) is 0 Å². The molecule has 2 atom stereocenters. The third-order valence-electron chi connectivity index (χ3n) is 3.38. The average molecular weight is 220 g/mol. The Balaban J connectivity index is 2.07. The fourth-order valence-corrected chi connectivity index (χ4v) is 2.63. The first-order valence-electron chi connectivity index (χ1n) is 5.84. The van der Waals surface area contributed by atoms with Gasteiger partial charge in [-0.1, -0.05) is 12.2 Å². The Morgan fingerprint density at radius 2 is 2.31 bits per heavy atom. The topological polar surface area (TPSA) is 69.1 Å². The van der Waals surface area contributed by atoms with Gasteiger partial charge in [-0.25, -0.2) is 0 Å². The Bertz CT molecular complexity index is 346. The standard InChI is InChI=1S/C11H16N4O/c12-14-13-11(16)10-7-4-8-15(10)9-5-2-1-3-6-9/h2,5,9-10H,1,3-4,6-8H2/t9-,10-/m0/s1. The van der Waals surface area contributed by atoms with Crippen LogP contribution in [-0.2, 0) is 4.79 Å². The molecule has 0 aromatic carbocycles. The maximum Gasteiger partial charge on any atom is 0.235 e. The summed E-state index contributed by atoms with van der Waals surface area (Å²) in [6.07, 6.45) is 9.63. The minimum atomic E-state index is -0.320. The summed E-state index contributed by atoms with van der Waals surface area (Å²) in [5.74, 6) is -0.320. The molecule has 0 spiro atoms. The monoisotopic (exact) mass is 220 g/mol. The molecule has 0 unspecified atom stereocenters. The van der Waals surface area contributed by atoms with Crippen LogP contribution in [0.25, 0.3) is 10.4 Å². The molecular formula is C11H16N4O. The highest BCUT2D eigenvalue weighted by Gasteiger charge is 2.33. The number of hydrogen-bond acceptors (Lipinski definition) is 2. The summed E-state index contributed by atoms with van der Waals surface area (Å²) < 4.78 is 0. The number of allylic oxidation sites excluding steroid dienone is 1. The van der Waals surface area contributed by atoms with Gasteiger partial charge in [-0.05, 0) is 49.3 Å². The molecule has 0 aromatic rings. The van der Waals surface area contributed by atoms with Crippen molar-refractivity contribution in [2.24, 2.45) is 5.11 Å². The van der Waals surface area contributed by atoms with E-state index in [1.807, 2.05) is 0 Å². The maximum atomic E-state index is 11.6. The van der Waals surface area contributed by atoms with E-state index in [1.54, 1.807) is 0 Å². The Kier molecular flexibility index (Phi) is 3.59. The van der Waals surface area contributed by atoms with Crippen LogP contribution >= 0.6 is 0 Å². The summed E-state index contributed by atoms with van der Waals surface area (Å²) in [4.78, 5) is 16.4. The van der Waals surface area contributed by atoms with Crippen molar-refractivity contribution in [1.82, 2.24) is 4.90 Å². The summed E-state index contributed by atoms with van der Waals surface area (Å²) >= 11 is 0. The lowest BCUT2D eigenvalue weighted by atomic mass is 10.0. The lowest BCUT2D eigenvalue weighted by molar-refractivity contribution is -0.122. The van der Waals surface area contributed by atoms with E-state index >= 15 is 0 Å². The van der Waals surface area contributed by atoms with E-state index in [1.165, 1.54) is 6.42 Å². The van der Waals surface area contributed by atoms with E-state index in [-0.39, 0.29) is 11.9 Å². The largest absolute Gasteiger partial charge is 0.291 e. The number of likely N-dealkylation sites (tertiary alicyclic amines) is 1. The van der Waals surface area contributed by atoms with Gasteiger partial charge < -0.3 is 0 Å². The Morgan fingerprint density at radius 3 is 3.00 bits per heavy atom. The third-order valence-corrected chi connectivity index (χ3v) is 3.38. The SMILES string of the molecule is [N-]=[N+]=NC(=O)[C@@H]1CCCN1[C@H]1C=CCCC1. The molecule has 1 saturated heterocycles. The molecule has 2 aliphatic rings. The number of amides is 1.